The summed E-state index contributed by atoms with van der Waals surface area (Å²) < 4.78 is 0. The van der Waals surface area contributed by atoms with Crippen LogP contribution in [0.4, 0.5) is 0 Å². The Bertz CT molecular complexity index is 176. The molecular weight excluding hydrogens is 170 g/mol. The molecule has 0 radical (unpaired) electrons. The lowest BCUT2D eigenvalue weighted by Crippen LogP contribution is -2.38. The Morgan fingerprint density at radius 1 is 0.929 bits per heavy atom. The maximum absolute atomic E-state index is 6.37. The zero-order valence-corrected chi connectivity index (χ0v) is 9.60. The molecule has 0 aliphatic heterocycles. The van der Waals surface area contributed by atoms with Gasteiger partial charge in [0.1, 0.15) is 0 Å². The molecular formula is C13H25N. The summed E-state index contributed by atoms with van der Waals surface area (Å²) in [6.07, 6.45) is 12.7. The van der Waals surface area contributed by atoms with E-state index >= 15 is 0 Å². The third-order valence-electron chi connectivity index (χ3n) is 4.33. The van der Waals surface area contributed by atoms with E-state index in [0.717, 1.165) is 11.8 Å². The van der Waals surface area contributed by atoms with Crippen LogP contribution < -0.4 is 5.73 Å². The maximum atomic E-state index is 6.37. The standard InChI is InChI=1S/C13H25N/c1-13(14)9-8-11-4-2-6-12(10-13)7-3-5-11/h11-12H,2-10,14H2,1H3. The predicted octanol–water partition coefficient (Wildman–Crippen LogP) is 3.47. The molecule has 2 bridgehead atoms. The highest BCUT2D eigenvalue weighted by atomic mass is 14.7. The van der Waals surface area contributed by atoms with Gasteiger partial charge in [-0.15, -0.1) is 0 Å². The minimum Gasteiger partial charge on any atom is -0.325 e. The molecule has 3 saturated carbocycles. The number of hydrogen-bond acceptors (Lipinski definition) is 1. The highest BCUT2D eigenvalue weighted by molar-refractivity contribution is 4.86. The fourth-order valence-corrected chi connectivity index (χ4v) is 3.47. The molecule has 2 N–H and O–H groups in total. The fourth-order valence-electron chi connectivity index (χ4n) is 3.47. The van der Waals surface area contributed by atoms with Crippen molar-refractivity contribution in [1.82, 2.24) is 0 Å². The van der Waals surface area contributed by atoms with Gasteiger partial charge in [-0.05, 0) is 38.0 Å². The van der Waals surface area contributed by atoms with Crippen molar-refractivity contribution in [2.45, 2.75) is 70.3 Å². The van der Waals surface area contributed by atoms with E-state index < -0.39 is 0 Å². The zero-order chi connectivity index (χ0) is 10.0. The van der Waals surface area contributed by atoms with Gasteiger partial charge < -0.3 is 5.73 Å². The first-order valence-corrected chi connectivity index (χ1v) is 6.45. The molecule has 1 nitrogen and oxygen atoms in total. The van der Waals surface area contributed by atoms with Gasteiger partial charge in [0.15, 0.2) is 0 Å². The Morgan fingerprint density at radius 3 is 2.14 bits per heavy atom. The van der Waals surface area contributed by atoms with Crippen molar-refractivity contribution in [2.75, 3.05) is 0 Å². The van der Waals surface area contributed by atoms with E-state index in [1.54, 1.807) is 0 Å². The topological polar surface area (TPSA) is 26.0 Å². The third-order valence-corrected chi connectivity index (χ3v) is 4.33. The summed E-state index contributed by atoms with van der Waals surface area (Å²) in [6, 6.07) is 0. The van der Waals surface area contributed by atoms with Gasteiger partial charge in [0.25, 0.3) is 0 Å². The van der Waals surface area contributed by atoms with E-state index in [1.807, 2.05) is 0 Å². The molecule has 0 aromatic rings. The van der Waals surface area contributed by atoms with Crippen LogP contribution in [0, 0.1) is 11.8 Å². The molecule has 3 aliphatic carbocycles. The third kappa shape index (κ3) is 2.73. The molecule has 82 valence electrons. The smallest absolute Gasteiger partial charge is 0.0128 e. The van der Waals surface area contributed by atoms with E-state index in [1.165, 1.54) is 57.8 Å². The molecule has 0 amide bonds. The molecule has 3 aliphatic rings. The molecule has 1 heteroatoms. The maximum Gasteiger partial charge on any atom is 0.0128 e. The second kappa shape index (κ2) is 4.22. The molecule has 1 atom stereocenters. The molecule has 14 heavy (non-hydrogen) atoms. The zero-order valence-electron chi connectivity index (χ0n) is 9.60. The predicted molar refractivity (Wildman–Crippen MR) is 61.1 cm³/mol. The Labute approximate surface area is 88.4 Å². The van der Waals surface area contributed by atoms with Gasteiger partial charge in [-0.1, -0.05) is 38.5 Å². The highest BCUT2D eigenvalue weighted by Crippen LogP contribution is 2.37. The van der Waals surface area contributed by atoms with E-state index in [4.69, 9.17) is 5.73 Å². The summed E-state index contributed by atoms with van der Waals surface area (Å²) >= 11 is 0. The highest BCUT2D eigenvalue weighted by Gasteiger charge is 2.28. The normalized spacial score (nSPS) is 45.0. The van der Waals surface area contributed by atoms with Gasteiger partial charge in [0, 0.05) is 5.54 Å². The Balaban J connectivity index is 2.08. The van der Waals surface area contributed by atoms with Crippen LogP contribution in [-0.4, -0.2) is 5.54 Å². The summed E-state index contributed by atoms with van der Waals surface area (Å²) in [4.78, 5) is 0. The first-order valence-electron chi connectivity index (χ1n) is 6.45. The largest absolute Gasteiger partial charge is 0.325 e. The van der Waals surface area contributed by atoms with Gasteiger partial charge in [0.05, 0.1) is 0 Å². The van der Waals surface area contributed by atoms with Crippen LogP contribution in [0.5, 0.6) is 0 Å². The van der Waals surface area contributed by atoms with Crippen molar-refractivity contribution in [3.8, 4) is 0 Å². The molecule has 0 spiro atoms. The Hall–Kier alpha value is -0.0400. The average Bonchev–Trinajstić information content (AvgIpc) is 2.16. The fraction of sp³-hybridized carbons (Fsp3) is 1.00. The van der Waals surface area contributed by atoms with Crippen LogP contribution in [-0.2, 0) is 0 Å². The summed E-state index contributed by atoms with van der Waals surface area (Å²) in [5.41, 5.74) is 6.51. The summed E-state index contributed by atoms with van der Waals surface area (Å²) in [5.74, 6) is 1.93. The molecule has 3 fully saturated rings. The molecule has 1 unspecified atom stereocenters. The van der Waals surface area contributed by atoms with Gasteiger partial charge in [-0.2, -0.15) is 0 Å². The van der Waals surface area contributed by atoms with Crippen LogP contribution in [0.2, 0.25) is 0 Å². The summed E-state index contributed by atoms with van der Waals surface area (Å²) in [7, 11) is 0. The first-order chi connectivity index (χ1) is 6.66. The Morgan fingerprint density at radius 2 is 1.50 bits per heavy atom. The molecule has 0 aromatic heterocycles. The lowest BCUT2D eigenvalue weighted by atomic mass is 9.83. The number of rotatable bonds is 0. The first kappa shape index (κ1) is 10.5. The van der Waals surface area contributed by atoms with Crippen molar-refractivity contribution in [3.63, 3.8) is 0 Å². The second-order valence-electron chi connectivity index (χ2n) is 5.99. The quantitative estimate of drug-likeness (QED) is 0.629. The van der Waals surface area contributed by atoms with E-state index in [0.29, 0.717) is 0 Å². The van der Waals surface area contributed by atoms with E-state index in [-0.39, 0.29) is 5.54 Å². The van der Waals surface area contributed by atoms with Crippen LogP contribution in [0.15, 0.2) is 0 Å². The van der Waals surface area contributed by atoms with Gasteiger partial charge in [-0.25, -0.2) is 0 Å². The summed E-state index contributed by atoms with van der Waals surface area (Å²) in [6.45, 7) is 2.27. The van der Waals surface area contributed by atoms with Gasteiger partial charge >= 0.3 is 0 Å². The molecule has 0 saturated heterocycles. The average molecular weight is 195 g/mol. The monoisotopic (exact) mass is 195 g/mol. The minimum atomic E-state index is 0.137. The Kier molecular flexibility index (Phi) is 3.16. The van der Waals surface area contributed by atoms with Crippen molar-refractivity contribution >= 4 is 0 Å². The second-order valence-corrected chi connectivity index (χ2v) is 5.99. The van der Waals surface area contributed by atoms with Crippen LogP contribution >= 0.6 is 0 Å². The lowest BCUT2D eigenvalue weighted by Gasteiger charge is -2.28. The van der Waals surface area contributed by atoms with E-state index in [9.17, 15) is 0 Å². The molecule has 3 rings (SSSR count). The van der Waals surface area contributed by atoms with Crippen molar-refractivity contribution in [1.29, 1.82) is 0 Å². The summed E-state index contributed by atoms with van der Waals surface area (Å²) in [5, 5.41) is 0. The number of fused-ring (bicyclic) bond motifs is 7. The molecule has 0 heterocycles. The van der Waals surface area contributed by atoms with Crippen molar-refractivity contribution in [3.05, 3.63) is 0 Å². The van der Waals surface area contributed by atoms with Gasteiger partial charge in [0.2, 0.25) is 0 Å². The van der Waals surface area contributed by atoms with Crippen molar-refractivity contribution < 1.29 is 0 Å². The lowest BCUT2D eigenvalue weighted by molar-refractivity contribution is 0.295. The number of nitrogens with two attached hydrogens (primary N) is 1. The van der Waals surface area contributed by atoms with Crippen LogP contribution in [0.1, 0.15) is 64.7 Å². The van der Waals surface area contributed by atoms with Crippen LogP contribution in [0.3, 0.4) is 0 Å². The number of hydrogen-bond donors (Lipinski definition) is 1. The van der Waals surface area contributed by atoms with Crippen molar-refractivity contribution in [2.24, 2.45) is 17.6 Å². The van der Waals surface area contributed by atoms with E-state index in [2.05, 4.69) is 6.92 Å². The SMILES string of the molecule is CC1(N)CCC2CCCC(CCC2)C1. The van der Waals surface area contributed by atoms with Gasteiger partial charge in [-0.3, -0.25) is 0 Å². The molecule has 0 aromatic carbocycles. The van der Waals surface area contributed by atoms with Crippen LogP contribution in [0.25, 0.3) is 0 Å². The minimum absolute atomic E-state index is 0.137.